The molecule has 0 bridgehead atoms. The number of hydrogen-bond acceptors (Lipinski definition) is 1. The van der Waals surface area contributed by atoms with E-state index in [-0.39, 0.29) is 6.04 Å². The Bertz CT molecular complexity index is 779. The smallest absolute Gasteiger partial charge is 0.342 e. The second kappa shape index (κ2) is 7.22. The van der Waals surface area contributed by atoms with Gasteiger partial charge in [0, 0.05) is 17.3 Å². The number of hydrogen-bond donors (Lipinski definition) is 1. The van der Waals surface area contributed by atoms with Crippen molar-refractivity contribution in [2.24, 2.45) is 0 Å². The van der Waals surface area contributed by atoms with Gasteiger partial charge in [0.15, 0.2) is 5.11 Å². The Morgan fingerprint density at radius 2 is 1.92 bits per heavy atom. The van der Waals surface area contributed by atoms with Crippen LogP contribution in [0.4, 0.5) is 18.9 Å². The highest BCUT2D eigenvalue weighted by Gasteiger charge is 2.31. The van der Waals surface area contributed by atoms with Crippen molar-refractivity contribution < 1.29 is 13.2 Å². The number of benzene rings is 2. The van der Waals surface area contributed by atoms with Gasteiger partial charge in [0.25, 0.3) is 0 Å². The van der Waals surface area contributed by atoms with E-state index in [0.29, 0.717) is 15.8 Å². The fourth-order valence-electron chi connectivity index (χ4n) is 3.05. The monoisotopic (exact) mass is 384 g/mol. The summed E-state index contributed by atoms with van der Waals surface area (Å²) in [7, 11) is 0. The third-order valence-electron chi connectivity index (χ3n) is 4.22. The van der Waals surface area contributed by atoms with Gasteiger partial charge >= 0.3 is 6.18 Å². The van der Waals surface area contributed by atoms with Gasteiger partial charge in [-0.05, 0) is 54.9 Å². The molecule has 0 aromatic heterocycles. The SMILES string of the molecule is FC(F)(F)c1cccc(NC(=S)N2CCC[C@@H]2c2ccccc2Cl)c1. The van der Waals surface area contributed by atoms with E-state index in [0.717, 1.165) is 37.1 Å². The molecule has 2 aromatic carbocycles. The lowest BCUT2D eigenvalue weighted by molar-refractivity contribution is -0.137. The number of anilines is 1. The molecule has 0 amide bonds. The molecule has 25 heavy (non-hydrogen) atoms. The van der Waals surface area contributed by atoms with Crippen LogP contribution in [0.25, 0.3) is 0 Å². The summed E-state index contributed by atoms with van der Waals surface area (Å²) in [5.41, 5.74) is 0.601. The number of rotatable bonds is 2. The molecule has 1 aliphatic rings. The summed E-state index contributed by atoms with van der Waals surface area (Å²) in [4.78, 5) is 1.98. The molecule has 1 aliphatic heterocycles. The maximum atomic E-state index is 12.8. The Labute approximate surface area is 154 Å². The number of halogens is 4. The van der Waals surface area contributed by atoms with Crippen LogP contribution in [0.2, 0.25) is 5.02 Å². The van der Waals surface area contributed by atoms with Crippen LogP contribution in [0.1, 0.15) is 30.0 Å². The first kappa shape index (κ1) is 18.0. The van der Waals surface area contributed by atoms with Crippen LogP contribution in [0.3, 0.4) is 0 Å². The molecule has 3 rings (SSSR count). The van der Waals surface area contributed by atoms with Gasteiger partial charge in [-0.25, -0.2) is 0 Å². The van der Waals surface area contributed by atoms with Crippen molar-refractivity contribution in [1.29, 1.82) is 0 Å². The Morgan fingerprint density at radius 1 is 1.16 bits per heavy atom. The first-order valence-electron chi connectivity index (χ1n) is 7.85. The molecule has 7 heteroatoms. The predicted octanol–water partition coefficient (Wildman–Crippen LogP) is 5.89. The van der Waals surface area contributed by atoms with Crippen LogP contribution in [0.15, 0.2) is 48.5 Å². The Morgan fingerprint density at radius 3 is 2.64 bits per heavy atom. The van der Waals surface area contributed by atoms with Gasteiger partial charge < -0.3 is 10.2 Å². The van der Waals surface area contributed by atoms with Gasteiger partial charge in [0.2, 0.25) is 0 Å². The van der Waals surface area contributed by atoms with E-state index in [1.807, 2.05) is 29.2 Å². The first-order valence-corrected chi connectivity index (χ1v) is 8.64. The molecular formula is C18H16ClF3N2S. The zero-order chi connectivity index (χ0) is 18.0. The fraction of sp³-hybridized carbons (Fsp3) is 0.278. The van der Waals surface area contributed by atoms with Crippen LogP contribution >= 0.6 is 23.8 Å². The first-order chi connectivity index (χ1) is 11.9. The average Bonchev–Trinajstić information content (AvgIpc) is 3.04. The van der Waals surface area contributed by atoms with E-state index < -0.39 is 11.7 Å². The van der Waals surface area contributed by atoms with Crippen LogP contribution in [-0.4, -0.2) is 16.6 Å². The number of nitrogens with zero attached hydrogens (tertiary/aromatic N) is 1. The molecule has 1 saturated heterocycles. The molecule has 1 heterocycles. The van der Waals surface area contributed by atoms with E-state index in [1.54, 1.807) is 6.07 Å². The highest BCUT2D eigenvalue weighted by atomic mass is 35.5. The Kier molecular flexibility index (Phi) is 5.20. The highest BCUT2D eigenvalue weighted by molar-refractivity contribution is 7.80. The van der Waals surface area contributed by atoms with Gasteiger partial charge in [-0.2, -0.15) is 13.2 Å². The molecule has 0 saturated carbocycles. The summed E-state index contributed by atoms with van der Waals surface area (Å²) in [6, 6.07) is 12.6. The summed E-state index contributed by atoms with van der Waals surface area (Å²) in [5.74, 6) is 0. The molecule has 1 fully saturated rings. The number of nitrogens with one attached hydrogen (secondary N) is 1. The lowest BCUT2D eigenvalue weighted by atomic mass is 10.0. The second-order valence-electron chi connectivity index (χ2n) is 5.88. The molecular weight excluding hydrogens is 369 g/mol. The van der Waals surface area contributed by atoms with Crippen molar-refractivity contribution in [3.05, 3.63) is 64.7 Å². The summed E-state index contributed by atoms with van der Waals surface area (Å²) in [6.07, 6.45) is -2.54. The minimum absolute atomic E-state index is 0.0273. The third kappa shape index (κ3) is 4.07. The summed E-state index contributed by atoms with van der Waals surface area (Å²) in [5, 5.41) is 4.00. The minimum atomic E-state index is -4.38. The predicted molar refractivity (Wildman–Crippen MR) is 97.8 cm³/mol. The van der Waals surface area contributed by atoms with Gasteiger partial charge in [0.05, 0.1) is 11.6 Å². The van der Waals surface area contributed by atoms with E-state index in [1.165, 1.54) is 6.07 Å². The standard InChI is InChI=1S/C18H16ClF3N2S/c19-15-8-2-1-7-14(15)16-9-4-10-24(16)17(25)23-13-6-3-5-12(11-13)18(20,21)22/h1-3,5-8,11,16H,4,9-10H2,(H,23,25)/t16-/m1/s1. The number of thiocarbonyl (C=S) groups is 1. The zero-order valence-corrected chi connectivity index (χ0v) is 14.8. The van der Waals surface area contributed by atoms with E-state index in [4.69, 9.17) is 23.8 Å². The lowest BCUT2D eigenvalue weighted by Crippen LogP contribution is -2.34. The van der Waals surface area contributed by atoms with Gasteiger partial charge in [-0.3, -0.25) is 0 Å². The van der Waals surface area contributed by atoms with Gasteiger partial charge in [-0.1, -0.05) is 35.9 Å². The maximum Gasteiger partial charge on any atom is 0.416 e. The van der Waals surface area contributed by atoms with E-state index >= 15 is 0 Å². The summed E-state index contributed by atoms with van der Waals surface area (Å²) in [6.45, 7) is 0.737. The maximum absolute atomic E-state index is 12.8. The summed E-state index contributed by atoms with van der Waals surface area (Å²) >= 11 is 11.7. The van der Waals surface area contributed by atoms with Crippen LogP contribution in [0, 0.1) is 0 Å². The van der Waals surface area contributed by atoms with Crippen molar-refractivity contribution >= 4 is 34.6 Å². The normalized spacial score (nSPS) is 17.6. The zero-order valence-electron chi connectivity index (χ0n) is 13.2. The lowest BCUT2D eigenvalue weighted by Gasteiger charge is -2.28. The number of likely N-dealkylation sites (tertiary alicyclic amines) is 1. The minimum Gasteiger partial charge on any atom is -0.342 e. The van der Waals surface area contributed by atoms with Crippen molar-refractivity contribution in [2.75, 3.05) is 11.9 Å². The number of alkyl halides is 3. The Balaban J connectivity index is 1.78. The van der Waals surface area contributed by atoms with E-state index in [2.05, 4.69) is 5.32 Å². The van der Waals surface area contributed by atoms with Crippen molar-refractivity contribution in [3.8, 4) is 0 Å². The van der Waals surface area contributed by atoms with Crippen molar-refractivity contribution in [1.82, 2.24) is 4.90 Å². The van der Waals surface area contributed by atoms with Gasteiger partial charge in [-0.15, -0.1) is 0 Å². The van der Waals surface area contributed by atoms with Crippen LogP contribution in [-0.2, 0) is 6.18 Å². The second-order valence-corrected chi connectivity index (χ2v) is 6.68. The highest BCUT2D eigenvalue weighted by Crippen LogP contribution is 2.36. The van der Waals surface area contributed by atoms with Crippen molar-refractivity contribution in [2.45, 2.75) is 25.1 Å². The molecule has 2 nitrogen and oxygen atoms in total. The fourth-order valence-corrected chi connectivity index (χ4v) is 3.65. The largest absolute Gasteiger partial charge is 0.416 e. The van der Waals surface area contributed by atoms with Gasteiger partial charge in [0.1, 0.15) is 0 Å². The van der Waals surface area contributed by atoms with Crippen molar-refractivity contribution in [3.63, 3.8) is 0 Å². The topological polar surface area (TPSA) is 15.3 Å². The molecule has 132 valence electrons. The molecule has 1 N–H and O–H groups in total. The molecule has 0 unspecified atom stereocenters. The molecule has 0 radical (unpaired) electrons. The average molecular weight is 385 g/mol. The Hall–Kier alpha value is -1.79. The van der Waals surface area contributed by atoms with E-state index in [9.17, 15) is 13.2 Å². The van der Waals surface area contributed by atoms with Crippen LogP contribution in [0.5, 0.6) is 0 Å². The summed E-state index contributed by atoms with van der Waals surface area (Å²) < 4.78 is 38.5. The third-order valence-corrected chi connectivity index (χ3v) is 4.90. The molecule has 0 aliphatic carbocycles. The molecule has 1 atom stereocenters. The molecule has 2 aromatic rings. The van der Waals surface area contributed by atoms with Crippen LogP contribution < -0.4 is 5.32 Å². The quantitative estimate of drug-likeness (QED) is 0.649. The molecule has 0 spiro atoms.